The number of hydrogen-bond acceptors (Lipinski definition) is 2. The predicted octanol–water partition coefficient (Wildman–Crippen LogP) is 4.68. The zero-order valence-electron chi connectivity index (χ0n) is 11.8. The summed E-state index contributed by atoms with van der Waals surface area (Å²) >= 11 is 16.9. The van der Waals surface area contributed by atoms with Crippen LogP contribution in [0.4, 0.5) is 5.69 Å². The molecule has 0 unspecified atom stereocenters. The smallest absolute Gasteiger partial charge is 0.257 e. The summed E-state index contributed by atoms with van der Waals surface area (Å²) < 4.78 is 0. The van der Waals surface area contributed by atoms with Crippen LogP contribution in [0.25, 0.3) is 0 Å². The molecule has 0 saturated heterocycles. The fraction of sp³-hybridized carbons (Fsp3) is 0.125. The number of aryl methyl sites for hydroxylation is 1. The standard InChI is InChI=1S/C16H14Cl2N2OS/c1-2-10-3-5-11(6-4-10)15(21)20-16(22)19-14-8-12(17)7-13(18)9-14/h3-9H,2H2,1H3,(H2,19,20,21,22). The van der Waals surface area contributed by atoms with E-state index in [0.717, 1.165) is 6.42 Å². The molecule has 0 spiro atoms. The molecule has 0 aliphatic rings. The molecule has 0 aromatic heterocycles. The SMILES string of the molecule is CCc1ccc(C(=O)NC(=S)Nc2cc(Cl)cc(Cl)c2)cc1. The van der Waals surface area contributed by atoms with Crippen LogP contribution in [-0.4, -0.2) is 11.0 Å². The molecule has 3 nitrogen and oxygen atoms in total. The summed E-state index contributed by atoms with van der Waals surface area (Å²) in [6, 6.07) is 12.3. The Morgan fingerprint density at radius 3 is 2.23 bits per heavy atom. The van der Waals surface area contributed by atoms with E-state index in [2.05, 4.69) is 17.6 Å². The van der Waals surface area contributed by atoms with Crippen molar-refractivity contribution in [1.82, 2.24) is 5.32 Å². The van der Waals surface area contributed by atoms with Crippen molar-refractivity contribution in [2.24, 2.45) is 0 Å². The van der Waals surface area contributed by atoms with Gasteiger partial charge in [0.05, 0.1) is 0 Å². The summed E-state index contributed by atoms with van der Waals surface area (Å²) in [4.78, 5) is 12.1. The van der Waals surface area contributed by atoms with Crippen molar-refractivity contribution in [2.45, 2.75) is 13.3 Å². The molecule has 0 heterocycles. The number of rotatable bonds is 3. The molecule has 2 aromatic carbocycles. The van der Waals surface area contributed by atoms with Gasteiger partial charge < -0.3 is 5.32 Å². The first-order valence-electron chi connectivity index (χ1n) is 6.65. The number of carbonyl (C=O) groups is 1. The monoisotopic (exact) mass is 352 g/mol. The molecule has 22 heavy (non-hydrogen) atoms. The maximum atomic E-state index is 12.1. The summed E-state index contributed by atoms with van der Waals surface area (Å²) in [5, 5.41) is 6.65. The summed E-state index contributed by atoms with van der Waals surface area (Å²) in [5.41, 5.74) is 2.33. The summed E-state index contributed by atoms with van der Waals surface area (Å²) in [6.45, 7) is 2.06. The van der Waals surface area contributed by atoms with Crippen LogP contribution in [0.3, 0.4) is 0 Å². The molecule has 2 aromatic rings. The Balaban J connectivity index is 2.00. The molecular weight excluding hydrogens is 339 g/mol. The van der Waals surface area contributed by atoms with Crippen molar-refractivity contribution in [2.75, 3.05) is 5.32 Å². The van der Waals surface area contributed by atoms with Gasteiger partial charge in [0.2, 0.25) is 0 Å². The molecule has 0 atom stereocenters. The molecule has 2 rings (SSSR count). The Kier molecular flexibility index (Phi) is 5.77. The highest BCUT2D eigenvalue weighted by Crippen LogP contribution is 2.22. The number of thiocarbonyl (C=S) groups is 1. The third kappa shape index (κ3) is 4.70. The van der Waals surface area contributed by atoms with Gasteiger partial charge in [0.25, 0.3) is 5.91 Å². The van der Waals surface area contributed by atoms with E-state index >= 15 is 0 Å². The van der Waals surface area contributed by atoms with Crippen molar-refractivity contribution >= 4 is 52.1 Å². The highest BCUT2D eigenvalue weighted by molar-refractivity contribution is 7.80. The first-order valence-corrected chi connectivity index (χ1v) is 7.81. The van der Waals surface area contributed by atoms with Crippen molar-refractivity contribution in [1.29, 1.82) is 0 Å². The lowest BCUT2D eigenvalue weighted by Gasteiger charge is -2.10. The molecule has 6 heteroatoms. The van der Waals surface area contributed by atoms with Gasteiger partial charge in [-0.05, 0) is 54.5 Å². The Morgan fingerprint density at radius 1 is 1.09 bits per heavy atom. The van der Waals surface area contributed by atoms with E-state index in [9.17, 15) is 4.79 Å². The molecular formula is C16H14Cl2N2OS. The number of halogens is 2. The molecule has 0 fully saturated rings. The largest absolute Gasteiger partial charge is 0.332 e. The number of nitrogens with one attached hydrogen (secondary N) is 2. The topological polar surface area (TPSA) is 41.1 Å². The maximum Gasteiger partial charge on any atom is 0.257 e. The van der Waals surface area contributed by atoms with Gasteiger partial charge in [0.15, 0.2) is 5.11 Å². The van der Waals surface area contributed by atoms with Crippen LogP contribution in [-0.2, 0) is 6.42 Å². The molecule has 0 aliphatic carbocycles. The molecule has 0 aliphatic heterocycles. The quantitative estimate of drug-likeness (QED) is 0.787. The first-order chi connectivity index (χ1) is 10.5. The van der Waals surface area contributed by atoms with Crippen LogP contribution in [0.5, 0.6) is 0 Å². The molecule has 0 radical (unpaired) electrons. The Hall–Kier alpha value is -1.62. The zero-order chi connectivity index (χ0) is 16.1. The lowest BCUT2D eigenvalue weighted by atomic mass is 10.1. The van der Waals surface area contributed by atoms with Gasteiger partial charge in [0.1, 0.15) is 0 Å². The van der Waals surface area contributed by atoms with Crippen molar-refractivity contribution < 1.29 is 4.79 Å². The number of amides is 1. The van der Waals surface area contributed by atoms with E-state index in [-0.39, 0.29) is 11.0 Å². The van der Waals surface area contributed by atoms with Gasteiger partial charge in [0, 0.05) is 21.3 Å². The van der Waals surface area contributed by atoms with Crippen LogP contribution in [0.15, 0.2) is 42.5 Å². The third-order valence-corrected chi connectivity index (χ3v) is 3.61. The van der Waals surface area contributed by atoms with Gasteiger partial charge in [-0.3, -0.25) is 10.1 Å². The van der Waals surface area contributed by atoms with Gasteiger partial charge in [-0.1, -0.05) is 42.3 Å². The summed E-state index contributed by atoms with van der Waals surface area (Å²) in [6.07, 6.45) is 0.928. The highest BCUT2D eigenvalue weighted by atomic mass is 35.5. The molecule has 1 amide bonds. The number of benzene rings is 2. The predicted molar refractivity (Wildman–Crippen MR) is 96.0 cm³/mol. The third-order valence-electron chi connectivity index (χ3n) is 2.97. The van der Waals surface area contributed by atoms with Crippen LogP contribution in [0, 0.1) is 0 Å². The normalized spacial score (nSPS) is 10.1. The van der Waals surface area contributed by atoms with Crippen LogP contribution < -0.4 is 10.6 Å². The molecule has 114 valence electrons. The van der Waals surface area contributed by atoms with Crippen LogP contribution in [0.1, 0.15) is 22.8 Å². The van der Waals surface area contributed by atoms with E-state index in [1.54, 1.807) is 30.3 Å². The average Bonchev–Trinajstić information content (AvgIpc) is 2.46. The second kappa shape index (κ2) is 7.58. The lowest BCUT2D eigenvalue weighted by Crippen LogP contribution is -2.34. The minimum atomic E-state index is -0.270. The van der Waals surface area contributed by atoms with E-state index in [4.69, 9.17) is 35.4 Å². The fourth-order valence-corrected chi connectivity index (χ4v) is 2.59. The molecule has 0 bridgehead atoms. The fourth-order valence-electron chi connectivity index (χ4n) is 1.86. The van der Waals surface area contributed by atoms with E-state index < -0.39 is 0 Å². The average molecular weight is 353 g/mol. The molecule has 0 saturated carbocycles. The second-order valence-electron chi connectivity index (χ2n) is 4.62. The zero-order valence-corrected chi connectivity index (χ0v) is 14.1. The lowest BCUT2D eigenvalue weighted by molar-refractivity contribution is 0.0977. The summed E-state index contributed by atoms with van der Waals surface area (Å²) in [5.74, 6) is -0.270. The first kappa shape index (κ1) is 16.7. The van der Waals surface area contributed by atoms with Crippen LogP contribution in [0.2, 0.25) is 10.0 Å². The molecule has 2 N–H and O–H groups in total. The number of carbonyl (C=O) groups excluding carboxylic acids is 1. The van der Waals surface area contributed by atoms with Crippen molar-refractivity contribution in [3.05, 3.63) is 63.6 Å². The van der Waals surface area contributed by atoms with E-state index in [0.29, 0.717) is 21.3 Å². The minimum absolute atomic E-state index is 0.183. The Morgan fingerprint density at radius 2 is 1.68 bits per heavy atom. The highest BCUT2D eigenvalue weighted by Gasteiger charge is 2.08. The number of hydrogen-bond donors (Lipinski definition) is 2. The maximum absolute atomic E-state index is 12.1. The van der Waals surface area contributed by atoms with Gasteiger partial charge in [-0.25, -0.2) is 0 Å². The van der Waals surface area contributed by atoms with Gasteiger partial charge >= 0.3 is 0 Å². The summed E-state index contributed by atoms with van der Waals surface area (Å²) in [7, 11) is 0. The Labute approximate surface area is 144 Å². The van der Waals surface area contributed by atoms with Crippen LogP contribution >= 0.6 is 35.4 Å². The van der Waals surface area contributed by atoms with Crippen molar-refractivity contribution in [3.63, 3.8) is 0 Å². The second-order valence-corrected chi connectivity index (χ2v) is 5.90. The van der Waals surface area contributed by atoms with Crippen molar-refractivity contribution in [3.8, 4) is 0 Å². The van der Waals surface area contributed by atoms with E-state index in [1.807, 2.05) is 12.1 Å². The minimum Gasteiger partial charge on any atom is -0.332 e. The Bertz CT molecular complexity index is 682. The van der Waals surface area contributed by atoms with Gasteiger partial charge in [-0.15, -0.1) is 0 Å². The number of anilines is 1. The van der Waals surface area contributed by atoms with E-state index in [1.165, 1.54) is 5.56 Å². The van der Waals surface area contributed by atoms with Gasteiger partial charge in [-0.2, -0.15) is 0 Å².